The van der Waals surface area contributed by atoms with E-state index in [4.69, 9.17) is 22.1 Å². The molecular weight excluding hydrogens is 352 g/mol. The average Bonchev–Trinajstić information content (AvgIpc) is 2.53. The second kappa shape index (κ2) is 6.14. The van der Waals surface area contributed by atoms with E-state index in [1.807, 2.05) is 12.1 Å². The van der Waals surface area contributed by atoms with Gasteiger partial charge in [-0.2, -0.15) is 0 Å². The molecule has 0 unspecified atom stereocenters. The van der Waals surface area contributed by atoms with Crippen LogP contribution in [0.15, 0.2) is 47.5 Å². The Hall–Kier alpha value is -2.58. The van der Waals surface area contributed by atoms with Crippen LogP contribution in [0.2, 0.25) is 5.02 Å². The number of halogens is 1. The second-order valence-electron chi connectivity index (χ2n) is 4.89. The molecule has 0 amide bonds. The molecule has 0 fully saturated rings. The Labute approximate surface area is 143 Å². The lowest BCUT2D eigenvalue weighted by Crippen LogP contribution is -2.16. The van der Waals surface area contributed by atoms with Crippen molar-refractivity contribution in [2.45, 2.75) is 4.90 Å². The first-order valence-electron chi connectivity index (χ1n) is 6.78. The highest BCUT2D eigenvalue weighted by atomic mass is 35.5. The van der Waals surface area contributed by atoms with Crippen molar-refractivity contribution >= 4 is 44.2 Å². The molecular formula is C15H13ClN4O3S. The minimum Gasteiger partial charge on any atom is -0.495 e. The Morgan fingerprint density at radius 2 is 2.00 bits per heavy atom. The van der Waals surface area contributed by atoms with E-state index in [-0.39, 0.29) is 27.3 Å². The number of benzene rings is 2. The van der Waals surface area contributed by atoms with Crippen LogP contribution < -0.4 is 15.2 Å². The minimum atomic E-state index is -4.06. The third-order valence-electron chi connectivity index (χ3n) is 3.24. The van der Waals surface area contributed by atoms with Crippen LogP contribution in [0.4, 0.5) is 11.6 Å². The van der Waals surface area contributed by atoms with Gasteiger partial charge in [-0.15, -0.1) is 0 Å². The van der Waals surface area contributed by atoms with Gasteiger partial charge in [0.25, 0.3) is 10.0 Å². The lowest BCUT2D eigenvalue weighted by atomic mass is 10.2. The number of hydrogen-bond acceptors (Lipinski definition) is 6. The van der Waals surface area contributed by atoms with Crippen molar-refractivity contribution in [1.82, 2.24) is 9.97 Å². The first kappa shape index (κ1) is 16.3. The molecule has 3 rings (SSSR count). The van der Waals surface area contributed by atoms with Crippen LogP contribution >= 0.6 is 11.6 Å². The van der Waals surface area contributed by atoms with E-state index in [1.165, 1.54) is 25.4 Å². The lowest BCUT2D eigenvalue weighted by molar-refractivity contribution is 0.403. The summed E-state index contributed by atoms with van der Waals surface area (Å²) in [6, 6.07) is 9.93. The molecule has 0 saturated carbocycles. The van der Waals surface area contributed by atoms with E-state index in [2.05, 4.69) is 14.7 Å². The molecule has 0 radical (unpaired) electrons. The van der Waals surface area contributed by atoms with Crippen LogP contribution in [0.3, 0.4) is 0 Å². The molecule has 24 heavy (non-hydrogen) atoms. The summed E-state index contributed by atoms with van der Waals surface area (Å²) in [7, 11) is -2.73. The molecule has 0 aliphatic heterocycles. The second-order valence-corrected chi connectivity index (χ2v) is 6.92. The molecule has 0 aliphatic rings. The Bertz CT molecular complexity index is 1020. The number of nitrogens with one attached hydrogen (secondary N) is 1. The molecule has 3 N–H and O–H groups in total. The fraction of sp³-hybridized carbons (Fsp3) is 0.0667. The molecule has 3 aromatic rings. The van der Waals surface area contributed by atoms with Crippen LogP contribution in [0.1, 0.15) is 0 Å². The van der Waals surface area contributed by atoms with Gasteiger partial charge in [-0.1, -0.05) is 29.8 Å². The van der Waals surface area contributed by atoms with Gasteiger partial charge in [0, 0.05) is 23.3 Å². The number of methoxy groups -OCH3 is 1. The SMILES string of the molecule is COc1cc(N)cc(Cl)c1S(=O)(=O)Nc1ncc2ccccc2n1. The number of hydrogen-bond donors (Lipinski definition) is 2. The van der Waals surface area contributed by atoms with Crippen molar-refractivity contribution < 1.29 is 13.2 Å². The molecule has 0 bridgehead atoms. The Kier molecular flexibility index (Phi) is 4.16. The van der Waals surface area contributed by atoms with E-state index in [0.717, 1.165) is 5.39 Å². The topological polar surface area (TPSA) is 107 Å². The maximum atomic E-state index is 12.7. The summed E-state index contributed by atoms with van der Waals surface area (Å²) in [5.41, 5.74) is 6.56. The van der Waals surface area contributed by atoms with Gasteiger partial charge in [0.1, 0.15) is 10.6 Å². The largest absolute Gasteiger partial charge is 0.495 e. The van der Waals surface area contributed by atoms with Crippen molar-refractivity contribution in [3.8, 4) is 5.75 Å². The molecule has 0 spiro atoms. The van der Waals surface area contributed by atoms with E-state index >= 15 is 0 Å². The molecule has 2 aromatic carbocycles. The molecule has 1 aromatic heterocycles. The summed E-state index contributed by atoms with van der Waals surface area (Å²) in [6.45, 7) is 0. The smallest absolute Gasteiger partial charge is 0.269 e. The van der Waals surface area contributed by atoms with Gasteiger partial charge in [0.15, 0.2) is 0 Å². The fourth-order valence-corrected chi connectivity index (χ4v) is 3.88. The van der Waals surface area contributed by atoms with Crippen LogP contribution in [0.25, 0.3) is 10.9 Å². The van der Waals surface area contributed by atoms with Gasteiger partial charge in [-0.05, 0) is 12.1 Å². The highest BCUT2D eigenvalue weighted by Crippen LogP contribution is 2.34. The Balaban J connectivity index is 2.05. The predicted molar refractivity (Wildman–Crippen MR) is 92.8 cm³/mol. The summed E-state index contributed by atoms with van der Waals surface area (Å²) >= 11 is 6.04. The molecule has 9 heteroatoms. The van der Waals surface area contributed by atoms with Crippen molar-refractivity contribution in [2.24, 2.45) is 0 Å². The Morgan fingerprint density at radius 1 is 1.25 bits per heavy atom. The van der Waals surface area contributed by atoms with Crippen LogP contribution in [0.5, 0.6) is 5.75 Å². The maximum absolute atomic E-state index is 12.7. The quantitative estimate of drug-likeness (QED) is 0.689. The standard InChI is InChI=1S/C15H13ClN4O3S/c1-23-13-7-10(17)6-11(16)14(13)24(21,22)20-15-18-8-9-4-2-3-5-12(9)19-15/h2-8H,17H2,1H3,(H,18,19,20). The third kappa shape index (κ3) is 3.06. The highest BCUT2D eigenvalue weighted by Gasteiger charge is 2.25. The van der Waals surface area contributed by atoms with Crippen LogP contribution in [-0.2, 0) is 10.0 Å². The van der Waals surface area contributed by atoms with Gasteiger partial charge >= 0.3 is 0 Å². The number of ether oxygens (including phenoxy) is 1. The zero-order valence-electron chi connectivity index (χ0n) is 12.5. The lowest BCUT2D eigenvalue weighted by Gasteiger charge is -2.13. The summed E-state index contributed by atoms with van der Waals surface area (Å²) in [5.74, 6) is -0.0306. The van der Waals surface area contributed by atoms with E-state index in [9.17, 15) is 8.42 Å². The normalized spacial score (nSPS) is 11.4. The number of nitrogens with two attached hydrogens (primary N) is 1. The van der Waals surface area contributed by atoms with Gasteiger partial charge in [0.05, 0.1) is 17.6 Å². The van der Waals surface area contributed by atoms with Gasteiger partial charge in [-0.25, -0.2) is 23.1 Å². The predicted octanol–water partition coefficient (Wildman–Crippen LogP) is 2.67. The van der Waals surface area contributed by atoms with Crippen molar-refractivity contribution in [3.05, 3.63) is 47.6 Å². The average molecular weight is 365 g/mol. The highest BCUT2D eigenvalue weighted by molar-refractivity contribution is 7.93. The minimum absolute atomic E-state index is 0.0355. The fourth-order valence-electron chi connectivity index (χ4n) is 2.19. The Morgan fingerprint density at radius 3 is 2.75 bits per heavy atom. The summed E-state index contributed by atoms with van der Waals surface area (Å²) in [6.07, 6.45) is 1.53. The first-order valence-corrected chi connectivity index (χ1v) is 8.64. The van der Waals surface area contributed by atoms with Crippen LogP contribution in [0, 0.1) is 0 Å². The summed E-state index contributed by atoms with van der Waals surface area (Å²) in [5, 5.41) is 0.740. The van der Waals surface area contributed by atoms with Crippen molar-refractivity contribution in [1.29, 1.82) is 0 Å². The summed E-state index contributed by atoms with van der Waals surface area (Å²) < 4.78 is 32.7. The van der Waals surface area contributed by atoms with Crippen molar-refractivity contribution in [2.75, 3.05) is 17.6 Å². The third-order valence-corrected chi connectivity index (χ3v) is 5.06. The number of sulfonamides is 1. The van der Waals surface area contributed by atoms with E-state index in [0.29, 0.717) is 5.52 Å². The number of anilines is 2. The zero-order valence-corrected chi connectivity index (χ0v) is 14.1. The molecule has 0 saturated heterocycles. The van der Waals surface area contributed by atoms with Crippen LogP contribution in [-0.4, -0.2) is 25.5 Å². The number of fused-ring (bicyclic) bond motifs is 1. The van der Waals surface area contributed by atoms with E-state index in [1.54, 1.807) is 12.1 Å². The molecule has 0 atom stereocenters. The monoisotopic (exact) mass is 364 g/mol. The molecule has 1 heterocycles. The molecule has 7 nitrogen and oxygen atoms in total. The number of para-hydroxylation sites is 1. The van der Waals surface area contributed by atoms with Crippen molar-refractivity contribution in [3.63, 3.8) is 0 Å². The number of aromatic nitrogens is 2. The number of nitrogens with zero attached hydrogens (tertiary/aromatic N) is 2. The van der Waals surface area contributed by atoms with Gasteiger partial charge < -0.3 is 10.5 Å². The number of rotatable bonds is 4. The first-order chi connectivity index (χ1) is 11.4. The maximum Gasteiger partial charge on any atom is 0.269 e. The summed E-state index contributed by atoms with van der Waals surface area (Å²) in [4.78, 5) is 7.96. The molecule has 0 aliphatic carbocycles. The zero-order chi connectivity index (χ0) is 17.3. The number of nitrogen functional groups attached to an aromatic ring is 1. The van der Waals surface area contributed by atoms with Gasteiger partial charge in [0.2, 0.25) is 5.95 Å². The molecule has 124 valence electrons. The van der Waals surface area contributed by atoms with Gasteiger partial charge in [-0.3, -0.25) is 0 Å². The van der Waals surface area contributed by atoms with E-state index < -0.39 is 10.0 Å².